The first-order valence-corrected chi connectivity index (χ1v) is 12.7. The standard InChI is InChI=1S/C29H22F8N2O4/c1-2-42-26(40)16-9-15(10-18(11-16)39-27(41)29(35,36)37)19-5-3-6-20(19)21-12-17(28(32,33)34)13-38-25(21)43-14-22-23(30)7-4-8-24(22)31/h4,7-13H,2-3,5-6,14H2,1H3,(H,39,41). The van der Waals surface area contributed by atoms with E-state index in [4.69, 9.17) is 9.47 Å². The van der Waals surface area contributed by atoms with E-state index in [2.05, 4.69) is 4.98 Å². The van der Waals surface area contributed by atoms with E-state index in [1.54, 1.807) is 5.32 Å². The molecule has 2 aromatic carbocycles. The normalized spacial score (nSPS) is 13.7. The van der Waals surface area contributed by atoms with Crippen LogP contribution >= 0.6 is 0 Å². The number of anilines is 1. The maximum atomic E-state index is 14.2. The summed E-state index contributed by atoms with van der Waals surface area (Å²) in [6.45, 7) is 0.722. The van der Waals surface area contributed by atoms with Gasteiger partial charge in [-0.25, -0.2) is 18.6 Å². The van der Waals surface area contributed by atoms with Gasteiger partial charge in [-0.3, -0.25) is 4.79 Å². The molecule has 1 aliphatic carbocycles. The summed E-state index contributed by atoms with van der Waals surface area (Å²) < 4.78 is 119. The Morgan fingerprint density at radius 2 is 1.63 bits per heavy atom. The lowest BCUT2D eigenvalue weighted by atomic mass is 9.95. The first kappa shape index (κ1) is 31.4. The molecule has 1 amide bonds. The van der Waals surface area contributed by atoms with E-state index in [1.807, 2.05) is 0 Å². The van der Waals surface area contributed by atoms with E-state index in [-0.39, 0.29) is 47.6 Å². The number of carbonyl (C=O) groups excluding carboxylic acids is 2. The zero-order valence-corrected chi connectivity index (χ0v) is 22.3. The number of pyridine rings is 1. The second-order valence-corrected chi connectivity index (χ2v) is 9.35. The molecule has 0 saturated carbocycles. The van der Waals surface area contributed by atoms with Crippen LogP contribution in [0.1, 0.15) is 58.8 Å². The van der Waals surface area contributed by atoms with Gasteiger partial charge in [0.05, 0.1) is 23.3 Å². The van der Waals surface area contributed by atoms with Gasteiger partial charge in [0.15, 0.2) is 0 Å². The highest BCUT2D eigenvalue weighted by Crippen LogP contribution is 2.44. The number of rotatable bonds is 8. The Morgan fingerprint density at radius 3 is 2.26 bits per heavy atom. The van der Waals surface area contributed by atoms with E-state index in [0.717, 1.165) is 36.4 Å². The summed E-state index contributed by atoms with van der Waals surface area (Å²) in [5.74, 6) is -5.49. The van der Waals surface area contributed by atoms with E-state index >= 15 is 0 Å². The number of halogens is 8. The molecule has 1 N–H and O–H groups in total. The van der Waals surface area contributed by atoms with Gasteiger partial charge in [0.25, 0.3) is 0 Å². The summed E-state index contributed by atoms with van der Waals surface area (Å²) >= 11 is 0. The minimum Gasteiger partial charge on any atom is -0.472 e. The highest BCUT2D eigenvalue weighted by molar-refractivity contribution is 6.00. The average molecular weight is 614 g/mol. The molecule has 0 radical (unpaired) electrons. The third-order valence-electron chi connectivity index (χ3n) is 6.44. The highest BCUT2D eigenvalue weighted by Gasteiger charge is 2.39. The fourth-order valence-corrected chi connectivity index (χ4v) is 4.52. The molecule has 0 aliphatic heterocycles. The molecule has 0 spiro atoms. The smallest absolute Gasteiger partial charge is 0.471 e. The number of amides is 1. The highest BCUT2D eigenvalue weighted by atomic mass is 19.4. The molecule has 6 nitrogen and oxygen atoms in total. The van der Waals surface area contributed by atoms with Gasteiger partial charge >= 0.3 is 24.2 Å². The molecule has 0 atom stereocenters. The fourth-order valence-electron chi connectivity index (χ4n) is 4.52. The van der Waals surface area contributed by atoms with Crippen LogP contribution in [0.15, 0.2) is 48.7 Å². The van der Waals surface area contributed by atoms with Crippen molar-refractivity contribution >= 4 is 28.7 Å². The second-order valence-electron chi connectivity index (χ2n) is 9.35. The molecule has 43 heavy (non-hydrogen) atoms. The van der Waals surface area contributed by atoms with Crippen molar-refractivity contribution in [2.24, 2.45) is 0 Å². The van der Waals surface area contributed by atoms with Crippen LogP contribution in [-0.4, -0.2) is 29.6 Å². The van der Waals surface area contributed by atoms with Crippen molar-refractivity contribution < 1.29 is 54.2 Å². The van der Waals surface area contributed by atoms with Crippen molar-refractivity contribution in [3.8, 4) is 5.88 Å². The molecule has 1 aliphatic rings. The fraction of sp³-hybridized carbons (Fsp3) is 0.276. The first-order chi connectivity index (χ1) is 20.2. The van der Waals surface area contributed by atoms with Gasteiger partial charge in [0.2, 0.25) is 5.88 Å². The number of nitrogens with one attached hydrogen (secondary N) is 1. The van der Waals surface area contributed by atoms with E-state index < -0.39 is 59.3 Å². The van der Waals surface area contributed by atoms with Crippen molar-refractivity contribution in [3.63, 3.8) is 0 Å². The quantitative estimate of drug-likeness (QED) is 0.208. The third-order valence-corrected chi connectivity index (χ3v) is 6.44. The molecule has 0 unspecified atom stereocenters. The summed E-state index contributed by atoms with van der Waals surface area (Å²) in [7, 11) is 0. The van der Waals surface area contributed by atoms with Crippen molar-refractivity contribution in [2.75, 3.05) is 11.9 Å². The molecule has 3 aromatic rings. The molecular formula is C29H22F8N2O4. The van der Waals surface area contributed by atoms with Crippen LogP contribution in [0, 0.1) is 11.6 Å². The van der Waals surface area contributed by atoms with Gasteiger partial charge in [0, 0.05) is 17.4 Å². The van der Waals surface area contributed by atoms with Crippen LogP contribution in [0.2, 0.25) is 0 Å². The summed E-state index contributed by atoms with van der Waals surface area (Å²) in [4.78, 5) is 27.9. The molecule has 4 rings (SSSR count). The van der Waals surface area contributed by atoms with Gasteiger partial charge in [-0.1, -0.05) is 6.07 Å². The average Bonchev–Trinajstić information content (AvgIpc) is 3.42. The molecule has 1 heterocycles. The van der Waals surface area contributed by atoms with Crippen LogP contribution in [-0.2, 0) is 22.3 Å². The largest absolute Gasteiger partial charge is 0.472 e. The Bertz CT molecular complexity index is 1560. The van der Waals surface area contributed by atoms with Gasteiger partial charge in [-0.15, -0.1) is 0 Å². The van der Waals surface area contributed by atoms with Crippen molar-refractivity contribution in [1.29, 1.82) is 0 Å². The van der Waals surface area contributed by atoms with Crippen LogP contribution in [0.4, 0.5) is 40.8 Å². The van der Waals surface area contributed by atoms with Crippen LogP contribution in [0.5, 0.6) is 5.88 Å². The second kappa shape index (κ2) is 12.4. The Morgan fingerprint density at radius 1 is 0.953 bits per heavy atom. The third kappa shape index (κ3) is 7.30. The van der Waals surface area contributed by atoms with E-state index in [1.165, 1.54) is 13.0 Å². The van der Waals surface area contributed by atoms with Crippen molar-refractivity contribution in [1.82, 2.24) is 4.98 Å². The van der Waals surface area contributed by atoms with Crippen molar-refractivity contribution in [3.05, 3.63) is 88.1 Å². The number of nitrogens with zero attached hydrogens (tertiary/aromatic N) is 1. The number of hydrogen-bond donors (Lipinski definition) is 1. The Balaban J connectivity index is 1.85. The minimum atomic E-state index is -5.24. The van der Waals surface area contributed by atoms with Crippen LogP contribution in [0.25, 0.3) is 11.1 Å². The first-order valence-electron chi connectivity index (χ1n) is 12.7. The van der Waals surface area contributed by atoms with E-state index in [9.17, 15) is 44.7 Å². The summed E-state index contributed by atoms with van der Waals surface area (Å²) in [5, 5.41) is 1.68. The molecule has 0 fully saturated rings. The maximum absolute atomic E-state index is 14.2. The number of benzene rings is 2. The summed E-state index contributed by atoms with van der Waals surface area (Å²) in [6, 6.07) is 7.23. The van der Waals surface area contributed by atoms with Crippen molar-refractivity contribution in [2.45, 2.75) is 45.1 Å². The molecule has 14 heteroatoms. The number of allylic oxidation sites excluding steroid dienone is 2. The molecule has 0 saturated heterocycles. The van der Waals surface area contributed by atoms with Gasteiger partial charge in [-0.2, -0.15) is 26.3 Å². The SMILES string of the molecule is CCOC(=O)c1cc(NC(=O)C(F)(F)F)cc(C2=C(c3cc(C(F)(F)F)cnc3OCc3c(F)cccc3F)CCC2)c1. The summed E-state index contributed by atoms with van der Waals surface area (Å²) in [6.07, 6.45) is -8.81. The van der Waals surface area contributed by atoms with E-state index in [0.29, 0.717) is 18.2 Å². The monoisotopic (exact) mass is 614 g/mol. The van der Waals surface area contributed by atoms with Gasteiger partial charge < -0.3 is 14.8 Å². The Labute approximate surface area is 239 Å². The van der Waals surface area contributed by atoms with Gasteiger partial charge in [0.1, 0.15) is 18.2 Å². The lowest BCUT2D eigenvalue weighted by Gasteiger charge is -2.17. The topological polar surface area (TPSA) is 77.5 Å². The zero-order valence-electron chi connectivity index (χ0n) is 22.3. The Hall–Kier alpha value is -4.49. The number of esters is 1. The predicted octanol–water partition coefficient (Wildman–Crippen LogP) is 7.73. The molecule has 0 bridgehead atoms. The summed E-state index contributed by atoms with van der Waals surface area (Å²) in [5.41, 5.74) is -1.72. The predicted molar refractivity (Wildman–Crippen MR) is 138 cm³/mol. The van der Waals surface area contributed by atoms with Crippen LogP contribution < -0.4 is 10.1 Å². The number of ether oxygens (including phenoxy) is 2. The number of carbonyl (C=O) groups is 2. The maximum Gasteiger partial charge on any atom is 0.471 e. The Kier molecular flexibility index (Phi) is 9.07. The lowest BCUT2D eigenvalue weighted by Crippen LogP contribution is -2.30. The van der Waals surface area contributed by atoms with Crippen LogP contribution in [0.3, 0.4) is 0 Å². The molecule has 228 valence electrons. The zero-order chi connectivity index (χ0) is 31.5. The number of aromatic nitrogens is 1. The minimum absolute atomic E-state index is 0.0690. The van der Waals surface area contributed by atoms with Gasteiger partial charge in [-0.05, 0) is 79.3 Å². The lowest BCUT2D eigenvalue weighted by molar-refractivity contribution is -0.167. The molecular weight excluding hydrogens is 592 g/mol. The number of hydrogen-bond acceptors (Lipinski definition) is 5. The molecule has 1 aromatic heterocycles. The number of alkyl halides is 6.